The summed E-state index contributed by atoms with van der Waals surface area (Å²) >= 11 is 0. The summed E-state index contributed by atoms with van der Waals surface area (Å²) < 4.78 is 5.64. The fourth-order valence-electron chi connectivity index (χ4n) is 1.85. The van der Waals surface area contributed by atoms with Gasteiger partial charge in [0, 0.05) is 24.4 Å². The van der Waals surface area contributed by atoms with Crippen LogP contribution in [0.25, 0.3) is 0 Å². The number of anilines is 1. The molecule has 0 atom stereocenters. The van der Waals surface area contributed by atoms with Crippen molar-refractivity contribution in [2.75, 3.05) is 11.9 Å². The van der Waals surface area contributed by atoms with E-state index in [2.05, 4.69) is 15.3 Å². The van der Waals surface area contributed by atoms with Crippen LogP contribution in [0.5, 0.6) is 11.6 Å². The third kappa shape index (κ3) is 3.44. The van der Waals surface area contributed by atoms with Crippen LogP contribution in [0.2, 0.25) is 0 Å². The Morgan fingerprint density at radius 3 is 2.76 bits per heavy atom. The molecule has 0 bridgehead atoms. The molecule has 0 saturated carbocycles. The van der Waals surface area contributed by atoms with E-state index in [1.54, 1.807) is 25.1 Å². The van der Waals surface area contributed by atoms with Gasteiger partial charge in [0.05, 0.1) is 4.92 Å². The number of rotatable bonds is 5. The topological polar surface area (TPSA) is 90.2 Å². The Hall–Kier alpha value is -2.70. The summed E-state index contributed by atoms with van der Waals surface area (Å²) in [6, 6.07) is 6.41. The van der Waals surface area contributed by atoms with Crippen molar-refractivity contribution in [1.29, 1.82) is 0 Å². The average Bonchev–Trinajstić information content (AvgIpc) is 2.40. The van der Waals surface area contributed by atoms with Crippen LogP contribution in [0, 0.1) is 24.0 Å². The van der Waals surface area contributed by atoms with E-state index >= 15 is 0 Å². The summed E-state index contributed by atoms with van der Waals surface area (Å²) in [4.78, 5) is 19.0. The van der Waals surface area contributed by atoms with E-state index in [0.717, 1.165) is 0 Å². The minimum Gasteiger partial charge on any atom is -0.431 e. The van der Waals surface area contributed by atoms with Gasteiger partial charge in [-0.05, 0) is 26.3 Å². The maximum Gasteiger partial charge on any atom is 0.311 e. The third-order valence-corrected chi connectivity index (χ3v) is 2.76. The van der Waals surface area contributed by atoms with Gasteiger partial charge in [-0.15, -0.1) is 0 Å². The molecule has 110 valence electrons. The summed E-state index contributed by atoms with van der Waals surface area (Å²) in [7, 11) is 0. The number of ether oxygens (including phenoxy) is 1. The highest BCUT2D eigenvalue weighted by Crippen LogP contribution is 2.33. The van der Waals surface area contributed by atoms with Crippen molar-refractivity contribution in [2.24, 2.45) is 0 Å². The van der Waals surface area contributed by atoms with Crippen LogP contribution in [0.3, 0.4) is 0 Å². The van der Waals surface area contributed by atoms with E-state index in [-0.39, 0.29) is 17.3 Å². The van der Waals surface area contributed by atoms with Gasteiger partial charge in [-0.3, -0.25) is 10.1 Å². The molecular weight excluding hydrogens is 272 g/mol. The van der Waals surface area contributed by atoms with Crippen molar-refractivity contribution in [3.8, 4) is 11.6 Å². The average molecular weight is 288 g/mol. The maximum absolute atomic E-state index is 11.1. The fourth-order valence-corrected chi connectivity index (χ4v) is 1.85. The van der Waals surface area contributed by atoms with E-state index in [4.69, 9.17) is 4.74 Å². The van der Waals surface area contributed by atoms with Gasteiger partial charge in [0.2, 0.25) is 17.6 Å². The van der Waals surface area contributed by atoms with Gasteiger partial charge in [-0.1, -0.05) is 12.1 Å². The van der Waals surface area contributed by atoms with Gasteiger partial charge in [0.1, 0.15) is 0 Å². The minimum atomic E-state index is -0.471. The first-order valence-corrected chi connectivity index (χ1v) is 6.52. The maximum atomic E-state index is 11.1. The lowest BCUT2D eigenvalue weighted by atomic mass is 10.2. The zero-order valence-corrected chi connectivity index (χ0v) is 12.1. The van der Waals surface area contributed by atoms with Crippen LogP contribution in [-0.4, -0.2) is 21.4 Å². The normalized spacial score (nSPS) is 10.2. The van der Waals surface area contributed by atoms with Crippen LogP contribution < -0.4 is 10.1 Å². The zero-order chi connectivity index (χ0) is 15.4. The lowest BCUT2D eigenvalue weighted by molar-refractivity contribution is -0.385. The molecule has 0 aliphatic carbocycles. The Kier molecular flexibility index (Phi) is 4.32. The molecule has 0 aliphatic heterocycles. The molecule has 0 aliphatic rings. The summed E-state index contributed by atoms with van der Waals surface area (Å²) in [6.45, 7) is 6.16. The molecule has 0 saturated heterocycles. The highest BCUT2D eigenvalue weighted by atomic mass is 16.6. The second kappa shape index (κ2) is 6.17. The number of hydrogen-bond donors (Lipinski definition) is 1. The molecule has 1 aromatic carbocycles. The molecule has 0 unspecified atom stereocenters. The molecule has 0 amide bonds. The third-order valence-electron chi connectivity index (χ3n) is 2.76. The number of nitrogens with zero attached hydrogens (tertiary/aromatic N) is 3. The van der Waals surface area contributed by atoms with E-state index in [1.807, 2.05) is 13.8 Å². The molecule has 1 aromatic heterocycles. The zero-order valence-electron chi connectivity index (χ0n) is 12.1. The monoisotopic (exact) mass is 288 g/mol. The molecule has 7 nitrogen and oxygen atoms in total. The number of nitro benzene ring substituents is 1. The van der Waals surface area contributed by atoms with E-state index in [9.17, 15) is 10.1 Å². The standard InChI is InChI=1S/C14H16N4O3/c1-4-15-14-16-10(3)8-12(17-14)21-13-9(2)6-5-7-11(13)18(19)20/h5-8H,4H2,1-3H3,(H,15,16,17). The molecule has 2 aromatic rings. The molecule has 1 heterocycles. The van der Waals surface area contributed by atoms with Gasteiger partial charge in [0.25, 0.3) is 0 Å². The first kappa shape index (κ1) is 14.7. The largest absolute Gasteiger partial charge is 0.431 e. The van der Waals surface area contributed by atoms with Crippen molar-refractivity contribution < 1.29 is 9.66 Å². The van der Waals surface area contributed by atoms with Crippen molar-refractivity contribution in [2.45, 2.75) is 20.8 Å². The van der Waals surface area contributed by atoms with Gasteiger partial charge < -0.3 is 10.1 Å². The Labute approximate surface area is 122 Å². The van der Waals surface area contributed by atoms with Crippen LogP contribution >= 0.6 is 0 Å². The SMILES string of the molecule is CCNc1nc(C)cc(Oc2c(C)cccc2[N+](=O)[O-])n1. The van der Waals surface area contributed by atoms with E-state index in [1.165, 1.54) is 6.07 Å². The Morgan fingerprint density at radius 1 is 1.33 bits per heavy atom. The van der Waals surface area contributed by atoms with E-state index < -0.39 is 4.92 Å². The number of aromatic nitrogens is 2. The lowest BCUT2D eigenvalue weighted by Crippen LogP contribution is -2.04. The van der Waals surface area contributed by atoms with Crippen molar-refractivity contribution in [1.82, 2.24) is 9.97 Å². The molecule has 1 N–H and O–H groups in total. The Balaban J connectivity index is 2.40. The highest BCUT2D eigenvalue weighted by Gasteiger charge is 2.18. The minimum absolute atomic E-state index is 0.0868. The molecule has 0 spiro atoms. The first-order chi connectivity index (χ1) is 10.0. The predicted octanol–water partition coefficient (Wildman–Crippen LogP) is 3.23. The Bertz CT molecular complexity index is 673. The van der Waals surface area contributed by atoms with Gasteiger partial charge in [-0.25, -0.2) is 4.98 Å². The molecule has 0 radical (unpaired) electrons. The number of nitrogens with one attached hydrogen (secondary N) is 1. The second-order valence-electron chi connectivity index (χ2n) is 4.48. The number of benzene rings is 1. The van der Waals surface area contributed by atoms with Crippen molar-refractivity contribution in [3.63, 3.8) is 0 Å². The summed E-state index contributed by atoms with van der Waals surface area (Å²) in [6.07, 6.45) is 0. The summed E-state index contributed by atoms with van der Waals surface area (Å²) in [5, 5.41) is 14.1. The van der Waals surface area contributed by atoms with Crippen LogP contribution in [0.15, 0.2) is 24.3 Å². The smallest absolute Gasteiger partial charge is 0.311 e. The molecular formula is C14H16N4O3. The van der Waals surface area contributed by atoms with Crippen molar-refractivity contribution >= 4 is 11.6 Å². The highest BCUT2D eigenvalue weighted by molar-refractivity contribution is 5.52. The fraction of sp³-hybridized carbons (Fsp3) is 0.286. The van der Waals surface area contributed by atoms with Crippen LogP contribution in [0.1, 0.15) is 18.2 Å². The second-order valence-corrected chi connectivity index (χ2v) is 4.48. The van der Waals surface area contributed by atoms with Crippen LogP contribution in [-0.2, 0) is 0 Å². The summed E-state index contributed by atoms with van der Waals surface area (Å²) in [5.41, 5.74) is 1.30. The number of nitro groups is 1. The molecule has 2 rings (SSSR count). The first-order valence-electron chi connectivity index (χ1n) is 6.52. The van der Waals surface area contributed by atoms with Crippen molar-refractivity contribution in [3.05, 3.63) is 45.6 Å². The predicted molar refractivity (Wildman–Crippen MR) is 78.8 cm³/mol. The molecule has 21 heavy (non-hydrogen) atoms. The molecule has 0 fully saturated rings. The van der Waals surface area contributed by atoms with E-state index in [0.29, 0.717) is 23.8 Å². The quantitative estimate of drug-likeness (QED) is 0.671. The number of hydrogen-bond acceptors (Lipinski definition) is 6. The lowest BCUT2D eigenvalue weighted by Gasteiger charge is -2.10. The number of aryl methyl sites for hydroxylation is 2. The molecule has 7 heteroatoms. The van der Waals surface area contributed by atoms with Gasteiger partial charge >= 0.3 is 5.69 Å². The van der Waals surface area contributed by atoms with Crippen LogP contribution in [0.4, 0.5) is 11.6 Å². The van der Waals surface area contributed by atoms with Gasteiger partial charge in [-0.2, -0.15) is 4.98 Å². The Morgan fingerprint density at radius 2 is 2.10 bits per heavy atom. The van der Waals surface area contributed by atoms with Gasteiger partial charge in [0.15, 0.2) is 0 Å². The summed E-state index contributed by atoms with van der Waals surface area (Å²) in [5.74, 6) is 0.905. The number of para-hydroxylation sites is 1.